The summed E-state index contributed by atoms with van der Waals surface area (Å²) in [7, 11) is 1.70. The predicted octanol–water partition coefficient (Wildman–Crippen LogP) is 5.16. The Morgan fingerprint density at radius 1 is 0.862 bits per heavy atom. The monoisotopic (exact) mass is 390 g/mol. The van der Waals surface area contributed by atoms with Gasteiger partial charge in [0.05, 0.1) is 13.3 Å². The van der Waals surface area contributed by atoms with E-state index in [9.17, 15) is 4.39 Å². The highest BCUT2D eigenvalue weighted by molar-refractivity contribution is 5.30. The van der Waals surface area contributed by atoms with E-state index in [1.54, 1.807) is 19.2 Å². The minimum atomic E-state index is -0.190. The Balaban J connectivity index is 1.59. The van der Waals surface area contributed by atoms with Gasteiger partial charge >= 0.3 is 0 Å². The van der Waals surface area contributed by atoms with Crippen molar-refractivity contribution in [2.45, 2.75) is 26.2 Å². The third kappa shape index (κ3) is 4.66. The fraction of sp³-hybridized carbons (Fsp3) is 0.280. The maximum absolute atomic E-state index is 13.3. The second-order valence-electron chi connectivity index (χ2n) is 7.70. The van der Waals surface area contributed by atoms with E-state index in [0.29, 0.717) is 0 Å². The van der Waals surface area contributed by atoms with E-state index in [1.807, 2.05) is 24.3 Å². The molecule has 150 valence electrons. The summed E-state index contributed by atoms with van der Waals surface area (Å²) in [5.74, 6) is 0.696. The SMILES string of the molecule is COc1cccc(CN2CCN(Cc3ccc(F)cc3)[C@@H]2c2ccc(C)cc2)c1. The second-order valence-corrected chi connectivity index (χ2v) is 7.70. The molecule has 3 nitrogen and oxygen atoms in total. The summed E-state index contributed by atoms with van der Waals surface area (Å²) in [5.41, 5.74) is 4.92. The first-order chi connectivity index (χ1) is 14.1. The van der Waals surface area contributed by atoms with Crippen molar-refractivity contribution in [1.29, 1.82) is 0 Å². The molecule has 29 heavy (non-hydrogen) atoms. The first-order valence-electron chi connectivity index (χ1n) is 10.0. The molecule has 4 heteroatoms. The average molecular weight is 391 g/mol. The number of benzene rings is 3. The van der Waals surface area contributed by atoms with Crippen molar-refractivity contribution >= 4 is 0 Å². The molecule has 0 N–H and O–H groups in total. The standard InChI is InChI=1S/C25H27FN2O/c1-19-6-10-22(11-7-19)25-27(17-20-8-12-23(26)13-9-20)14-15-28(25)18-21-4-3-5-24(16-21)29-2/h3-13,16,25H,14-15,17-18H2,1-2H3/t25-/m0/s1. The molecule has 0 amide bonds. The molecule has 0 aromatic heterocycles. The molecule has 0 radical (unpaired) electrons. The average Bonchev–Trinajstić information content (AvgIpc) is 3.12. The van der Waals surface area contributed by atoms with Crippen LogP contribution in [0.3, 0.4) is 0 Å². The van der Waals surface area contributed by atoms with E-state index in [1.165, 1.54) is 16.7 Å². The predicted molar refractivity (Wildman–Crippen MR) is 114 cm³/mol. The zero-order valence-electron chi connectivity index (χ0n) is 17.0. The smallest absolute Gasteiger partial charge is 0.123 e. The van der Waals surface area contributed by atoms with Gasteiger partial charge in [-0.3, -0.25) is 9.80 Å². The number of hydrogen-bond acceptors (Lipinski definition) is 3. The van der Waals surface area contributed by atoms with Crippen LogP contribution in [0.1, 0.15) is 28.4 Å². The quantitative estimate of drug-likeness (QED) is 0.578. The lowest BCUT2D eigenvalue weighted by Crippen LogP contribution is -2.30. The van der Waals surface area contributed by atoms with Gasteiger partial charge in [-0.05, 0) is 47.9 Å². The minimum absolute atomic E-state index is 0.187. The van der Waals surface area contributed by atoms with Crippen LogP contribution in [0, 0.1) is 12.7 Å². The van der Waals surface area contributed by atoms with Gasteiger partial charge in [-0.2, -0.15) is 0 Å². The molecule has 3 aromatic carbocycles. The van der Waals surface area contributed by atoms with Gasteiger partial charge in [-0.25, -0.2) is 4.39 Å². The summed E-state index contributed by atoms with van der Waals surface area (Å²) in [6.45, 7) is 5.72. The van der Waals surface area contributed by atoms with E-state index in [-0.39, 0.29) is 12.0 Å². The summed E-state index contributed by atoms with van der Waals surface area (Å²) in [6.07, 6.45) is 0.187. The van der Waals surface area contributed by atoms with Crippen molar-refractivity contribution in [3.8, 4) is 5.75 Å². The number of aryl methyl sites for hydroxylation is 1. The maximum atomic E-state index is 13.3. The molecular formula is C25H27FN2O. The van der Waals surface area contributed by atoms with Crippen LogP contribution in [0.15, 0.2) is 72.8 Å². The summed E-state index contributed by atoms with van der Waals surface area (Å²) >= 11 is 0. The van der Waals surface area contributed by atoms with Gasteiger partial charge in [0.2, 0.25) is 0 Å². The van der Waals surface area contributed by atoms with E-state index >= 15 is 0 Å². The molecule has 3 aromatic rings. The van der Waals surface area contributed by atoms with E-state index in [2.05, 4.69) is 53.1 Å². The summed E-state index contributed by atoms with van der Waals surface area (Å²) in [5, 5.41) is 0. The van der Waals surface area contributed by atoms with Crippen LogP contribution in [0.2, 0.25) is 0 Å². The summed E-state index contributed by atoms with van der Waals surface area (Å²) < 4.78 is 18.7. The van der Waals surface area contributed by atoms with Gasteiger partial charge < -0.3 is 4.74 Å². The van der Waals surface area contributed by atoms with Gasteiger partial charge in [-0.15, -0.1) is 0 Å². The molecule has 1 saturated heterocycles. The first-order valence-corrected chi connectivity index (χ1v) is 10.0. The van der Waals surface area contributed by atoms with Crippen molar-refractivity contribution in [3.05, 3.63) is 101 Å². The van der Waals surface area contributed by atoms with Crippen LogP contribution in [0.4, 0.5) is 4.39 Å². The number of rotatable bonds is 6. The van der Waals surface area contributed by atoms with Gasteiger partial charge in [0.15, 0.2) is 0 Å². The number of methoxy groups -OCH3 is 1. The molecule has 1 atom stereocenters. The van der Waals surface area contributed by atoms with Crippen LogP contribution in [0.5, 0.6) is 5.75 Å². The minimum Gasteiger partial charge on any atom is -0.497 e. The molecule has 0 unspecified atom stereocenters. The van der Waals surface area contributed by atoms with Gasteiger partial charge in [0.25, 0.3) is 0 Å². The highest BCUT2D eigenvalue weighted by Crippen LogP contribution is 2.33. The largest absolute Gasteiger partial charge is 0.497 e. The first kappa shape index (κ1) is 19.6. The fourth-order valence-electron chi connectivity index (χ4n) is 4.05. The Morgan fingerprint density at radius 3 is 2.17 bits per heavy atom. The van der Waals surface area contributed by atoms with Crippen LogP contribution in [-0.2, 0) is 13.1 Å². The third-order valence-corrected chi connectivity index (χ3v) is 5.56. The number of halogens is 1. The van der Waals surface area contributed by atoms with E-state index in [0.717, 1.165) is 37.5 Å². The maximum Gasteiger partial charge on any atom is 0.123 e. The Bertz CT molecular complexity index is 940. The van der Waals surface area contributed by atoms with Crippen molar-refractivity contribution in [3.63, 3.8) is 0 Å². The fourth-order valence-corrected chi connectivity index (χ4v) is 4.05. The Kier molecular flexibility index (Phi) is 5.93. The van der Waals surface area contributed by atoms with Gasteiger partial charge in [-0.1, -0.05) is 54.1 Å². The third-order valence-electron chi connectivity index (χ3n) is 5.56. The molecule has 0 aliphatic carbocycles. The molecular weight excluding hydrogens is 363 g/mol. The highest BCUT2D eigenvalue weighted by Gasteiger charge is 2.33. The molecule has 4 rings (SSSR count). The Labute approximate surface area is 172 Å². The molecule has 0 bridgehead atoms. The van der Waals surface area contributed by atoms with Crippen molar-refractivity contribution in [2.75, 3.05) is 20.2 Å². The topological polar surface area (TPSA) is 15.7 Å². The van der Waals surface area contributed by atoms with Crippen LogP contribution in [-0.4, -0.2) is 30.0 Å². The van der Waals surface area contributed by atoms with Crippen molar-refractivity contribution in [1.82, 2.24) is 9.80 Å². The molecule has 1 fully saturated rings. The lowest BCUT2D eigenvalue weighted by molar-refractivity contribution is 0.125. The van der Waals surface area contributed by atoms with Crippen LogP contribution in [0.25, 0.3) is 0 Å². The normalized spacial score (nSPS) is 17.6. The molecule has 0 saturated carbocycles. The van der Waals surface area contributed by atoms with Crippen molar-refractivity contribution < 1.29 is 9.13 Å². The molecule has 1 aliphatic rings. The zero-order valence-corrected chi connectivity index (χ0v) is 17.0. The summed E-state index contributed by atoms with van der Waals surface area (Å²) in [6, 6.07) is 23.9. The van der Waals surface area contributed by atoms with E-state index in [4.69, 9.17) is 4.74 Å². The van der Waals surface area contributed by atoms with Crippen LogP contribution < -0.4 is 4.74 Å². The second kappa shape index (κ2) is 8.76. The highest BCUT2D eigenvalue weighted by atomic mass is 19.1. The molecule has 1 aliphatic heterocycles. The van der Waals surface area contributed by atoms with Gasteiger partial charge in [0.1, 0.15) is 11.6 Å². The number of ether oxygens (including phenoxy) is 1. The Morgan fingerprint density at radius 2 is 1.52 bits per heavy atom. The van der Waals surface area contributed by atoms with E-state index < -0.39 is 0 Å². The van der Waals surface area contributed by atoms with Gasteiger partial charge in [0, 0.05) is 26.2 Å². The lowest BCUT2D eigenvalue weighted by atomic mass is 10.1. The lowest BCUT2D eigenvalue weighted by Gasteiger charge is -2.31. The van der Waals surface area contributed by atoms with Crippen molar-refractivity contribution in [2.24, 2.45) is 0 Å². The van der Waals surface area contributed by atoms with Crippen LogP contribution >= 0.6 is 0 Å². The molecule has 1 heterocycles. The number of hydrogen-bond donors (Lipinski definition) is 0. The zero-order chi connectivity index (χ0) is 20.2. The Hall–Kier alpha value is -2.69. The number of nitrogens with zero attached hydrogens (tertiary/aromatic N) is 2. The molecule has 0 spiro atoms. The summed E-state index contributed by atoms with van der Waals surface area (Å²) in [4.78, 5) is 4.97.